The molecule has 154 valence electrons. The summed E-state index contributed by atoms with van der Waals surface area (Å²) in [6, 6.07) is 13.4. The second-order valence-corrected chi connectivity index (χ2v) is 8.52. The molecule has 0 bridgehead atoms. The first-order valence-electron chi connectivity index (χ1n) is 9.90. The second-order valence-electron chi connectivity index (χ2n) is 7.40. The lowest BCUT2D eigenvalue weighted by Crippen LogP contribution is -2.52. The van der Waals surface area contributed by atoms with Gasteiger partial charge in [-0.05, 0) is 24.6 Å². The minimum atomic E-state index is -0.246. The van der Waals surface area contributed by atoms with Gasteiger partial charge >= 0.3 is 0 Å². The summed E-state index contributed by atoms with van der Waals surface area (Å²) in [7, 11) is 1.54. The maximum absolute atomic E-state index is 14.4. The van der Waals surface area contributed by atoms with Crippen molar-refractivity contribution in [1.29, 1.82) is 0 Å². The van der Waals surface area contributed by atoms with Gasteiger partial charge in [0.05, 0.1) is 23.9 Å². The first-order valence-corrected chi connectivity index (χ1v) is 10.7. The Bertz CT molecular complexity index is 931. The highest BCUT2D eigenvalue weighted by atomic mass is 32.1. The Labute approximate surface area is 174 Å². The highest BCUT2D eigenvalue weighted by Crippen LogP contribution is 2.25. The highest BCUT2D eigenvalue weighted by Gasteiger charge is 2.28. The minimum Gasteiger partial charge on any atom is -0.497 e. The van der Waals surface area contributed by atoms with E-state index >= 15 is 0 Å². The summed E-state index contributed by atoms with van der Waals surface area (Å²) in [5.41, 5.74) is 1.71. The van der Waals surface area contributed by atoms with Gasteiger partial charge in [0, 0.05) is 50.5 Å². The Hall–Kier alpha value is -2.06. The monoisotopic (exact) mass is 415 g/mol. The second kappa shape index (κ2) is 9.17. The third kappa shape index (κ3) is 4.75. The molecular weight excluding hydrogens is 389 g/mol. The number of aliphatic hydroxyl groups is 1. The molecule has 1 aromatic heterocycles. The molecule has 0 aliphatic carbocycles. The predicted molar refractivity (Wildman–Crippen MR) is 114 cm³/mol. The van der Waals surface area contributed by atoms with Gasteiger partial charge in [0.1, 0.15) is 16.6 Å². The largest absolute Gasteiger partial charge is 0.497 e. The number of hydrogen-bond donors (Lipinski definition) is 1. The van der Waals surface area contributed by atoms with Gasteiger partial charge in [-0.1, -0.05) is 18.2 Å². The lowest BCUT2D eigenvalue weighted by molar-refractivity contribution is 0.0493. The fourth-order valence-electron chi connectivity index (χ4n) is 3.91. The third-order valence-electron chi connectivity index (χ3n) is 5.48. The third-order valence-corrected chi connectivity index (χ3v) is 6.50. The van der Waals surface area contributed by atoms with E-state index in [1.807, 2.05) is 18.2 Å². The summed E-state index contributed by atoms with van der Waals surface area (Å²) < 4.78 is 20.7. The number of para-hydroxylation sites is 1. The lowest BCUT2D eigenvalue weighted by atomic mass is 10.1. The summed E-state index contributed by atoms with van der Waals surface area (Å²) in [4.78, 5) is 9.41. The van der Waals surface area contributed by atoms with E-state index in [1.165, 1.54) is 17.9 Å². The van der Waals surface area contributed by atoms with Crippen LogP contribution < -0.4 is 4.74 Å². The van der Waals surface area contributed by atoms with Gasteiger partial charge in [-0.15, -0.1) is 11.3 Å². The summed E-state index contributed by atoms with van der Waals surface area (Å²) in [6.45, 7) is 4.05. The number of fused-ring (bicyclic) bond motifs is 1. The van der Waals surface area contributed by atoms with Gasteiger partial charge < -0.3 is 9.84 Å². The topological polar surface area (TPSA) is 48.8 Å². The molecule has 0 radical (unpaired) electrons. The van der Waals surface area contributed by atoms with Gasteiger partial charge in [-0.3, -0.25) is 9.80 Å². The van der Waals surface area contributed by atoms with E-state index in [0.29, 0.717) is 24.3 Å². The van der Waals surface area contributed by atoms with Crippen molar-refractivity contribution < 1.29 is 14.2 Å². The van der Waals surface area contributed by atoms with Crippen molar-refractivity contribution in [2.75, 3.05) is 33.4 Å². The van der Waals surface area contributed by atoms with Gasteiger partial charge in [0.15, 0.2) is 0 Å². The van der Waals surface area contributed by atoms with E-state index < -0.39 is 0 Å². The SMILES string of the molecule is COc1ccc(CN2CCN(Cc3nc4ccccc4s3)C[C@H]2CCO)c(F)c1. The van der Waals surface area contributed by atoms with Crippen LogP contribution in [0.3, 0.4) is 0 Å². The molecule has 2 aromatic carbocycles. The van der Waals surface area contributed by atoms with Crippen LogP contribution in [-0.4, -0.2) is 59.3 Å². The molecule has 1 aliphatic heterocycles. The zero-order chi connectivity index (χ0) is 20.2. The van der Waals surface area contributed by atoms with Gasteiger partial charge in [0.25, 0.3) is 0 Å². The Kier molecular flexibility index (Phi) is 6.40. The van der Waals surface area contributed by atoms with Gasteiger partial charge in [-0.25, -0.2) is 9.37 Å². The number of rotatable bonds is 7. The van der Waals surface area contributed by atoms with Crippen LogP contribution in [0.2, 0.25) is 0 Å². The van der Waals surface area contributed by atoms with Crippen molar-refractivity contribution in [2.45, 2.75) is 25.6 Å². The van der Waals surface area contributed by atoms with E-state index in [4.69, 9.17) is 9.72 Å². The molecule has 1 saturated heterocycles. The maximum Gasteiger partial charge on any atom is 0.131 e. The van der Waals surface area contributed by atoms with Crippen molar-refractivity contribution in [3.63, 3.8) is 0 Å². The summed E-state index contributed by atoms with van der Waals surface area (Å²) >= 11 is 1.74. The number of thiazole rings is 1. The van der Waals surface area contributed by atoms with E-state index in [-0.39, 0.29) is 18.5 Å². The van der Waals surface area contributed by atoms with Crippen LogP contribution in [-0.2, 0) is 13.1 Å². The smallest absolute Gasteiger partial charge is 0.131 e. The molecular formula is C22H26FN3O2S. The van der Waals surface area contributed by atoms with Crippen LogP contribution in [0.5, 0.6) is 5.75 Å². The molecule has 0 saturated carbocycles. The van der Waals surface area contributed by atoms with E-state index in [9.17, 15) is 9.50 Å². The molecule has 2 heterocycles. The summed E-state index contributed by atoms with van der Waals surface area (Å²) in [5, 5.41) is 10.7. The van der Waals surface area contributed by atoms with Gasteiger partial charge in [-0.2, -0.15) is 0 Å². The van der Waals surface area contributed by atoms with Crippen molar-refractivity contribution in [2.24, 2.45) is 0 Å². The van der Waals surface area contributed by atoms with Crippen LogP contribution in [0.15, 0.2) is 42.5 Å². The molecule has 5 nitrogen and oxygen atoms in total. The Morgan fingerprint density at radius 1 is 1.21 bits per heavy atom. The highest BCUT2D eigenvalue weighted by molar-refractivity contribution is 7.18. The van der Waals surface area contributed by atoms with Crippen LogP contribution in [0.4, 0.5) is 4.39 Å². The summed E-state index contributed by atoms with van der Waals surface area (Å²) in [5.74, 6) is 0.280. The Morgan fingerprint density at radius 2 is 2.07 bits per heavy atom. The van der Waals surface area contributed by atoms with Crippen LogP contribution in [0.25, 0.3) is 10.2 Å². The zero-order valence-electron chi connectivity index (χ0n) is 16.6. The number of piperazine rings is 1. The van der Waals surface area contributed by atoms with E-state index in [0.717, 1.165) is 36.7 Å². The number of methoxy groups -OCH3 is 1. The molecule has 1 fully saturated rings. The Morgan fingerprint density at radius 3 is 2.83 bits per heavy atom. The fraction of sp³-hybridized carbons (Fsp3) is 0.409. The lowest BCUT2D eigenvalue weighted by Gasteiger charge is -2.41. The average molecular weight is 416 g/mol. The number of benzene rings is 2. The van der Waals surface area contributed by atoms with Crippen molar-refractivity contribution in [1.82, 2.24) is 14.8 Å². The molecule has 1 atom stereocenters. The normalized spacial score (nSPS) is 18.4. The standard InChI is InChI=1S/C22H26FN3O2S/c1-28-18-7-6-16(19(23)12-18)13-26-10-9-25(14-17(26)8-11-27)15-22-24-20-4-2-3-5-21(20)29-22/h2-7,12,17,27H,8-11,13-15H2,1H3/t17-/m1/s1. The molecule has 1 N–H and O–H groups in total. The van der Waals surface area contributed by atoms with Crippen LogP contribution in [0, 0.1) is 5.82 Å². The van der Waals surface area contributed by atoms with Crippen molar-refractivity contribution in [3.05, 3.63) is 58.9 Å². The van der Waals surface area contributed by atoms with Crippen LogP contribution in [0.1, 0.15) is 17.0 Å². The number of aromatic nitrogens is 1. The number of ether oxygens (including phenoxy) is 1. The molecule has 0 spiro atoms. The molecule has 7 heteroatoms. The number of halogens is 1. The van der Waals surface area contributed by atoms with Crippen molar-refractivity contribution >= 4 is 21.6 Å². The fourth-order valence-corrected chi connectivity index (χ4v) is 4.92. The molecule has 0 unspecified atom stereocenters. The molecule has 29 heavy (non-hydrogen) atoms. The first kappa shape index (κ1) is 20.2. The quantitative estimate of drug-likeness (QED) is 0.640. The first-order chi connectivity index (χ1) is 14.2. The number of hydrogen-bond acceptors (Lipinski definition) is 6. The number of nitrogens with zero attached hydrogens (tertiary/aromatic N) is 3. The zero-order valence-corrected chi connectivity index (χ0v) is 17.4. The van der Waals surface area contributed by atoms with Gasteiger partial charge in [0.2, 0.25) is 0 Å². The molecule has 1 aliphatic rings. The van der Waals surface area contributed by atoms with Crippen molar-refractivity contribution in [3.8, 4) is 5.75 Å². The maximum atomic E-state index is 14.4. The van der Waals surface area contributed by atoms with E-state index in [2.05, 4.69) is 15.9 Å². The molecule has 4 rings (SSSR count). The van der Waals surface area contributed by atoms with E-state index in [1.54, 1.807) is 23.5 Å². The predicted octanol–water partition coefficient (Wildman–Crippen LogP) is 3.51. The molecule has 0 amide bonds. The summed E-state index contributed by atoms with van der Waals surface area (Å²) in [6.07, 6.45) is 0.675. The average Bonchev–Trinajstić information content (AvgIpc) is 3.13. The Balaban J connectivity index is 1.42. The minimum absolute atomic E-state index is 0.126. The number of aliphatic hydroxyl groups excluding tert-OH is 1. The molecule has 3 aromatic rings. The van der Waals surface area contributed by atoms with Crippen LogP contribution >= 0.6 is 11.3 Å².